The standard InChI is InChI=1S/C13H14N4OS/c1-14-12(18)9-19-13-15-11(16-17-13)8-7-10-5-3-2-4-6-10/h2-8H,9H2,1H3,(H,14,18)(H,15,16,17)/b8-7+. The first-order chi connectivity index (χ1) is 9.28. The summed E-state index contributed by atoms with van der Waals surface area (Å²) in [6, 6.07) is 9.94. The van der Waals surface area contributed by atoms with Crippen molar-refractivity contribution in [3.8, 4) is 0 Å². The number of thioether (sulfide) groups is 1. The maximum Gasteiger partial charge on any atom is 0.230 e. The lowest BCUT2D eigenvalue weighted by Gasteiger charge is -1.94. The average Bonchev–Trinajstić information content (AvgIpc) is 2.91. The van der Waals surface area contributed by atoms with Gasteiger partial charge in [-0.05, 0) is 11.6 Å². The number of amides is 1. The second-order valence-corrected chi connectivity index (χ2v) is 4.65. The Morgan fingerprint density at radius 1 is 1.37 bits per heavy atom. The van der Waals surface area contributed by atoms with Crippen molar-refractivity contribution in [2.24, 2.45) is 0 Å². The Hall–Kier alpha value is -2.08. The molecule has 0 aliphatic heterocycles. The topological polar surface area (TPSA) is 70.7 Å². The van der Waals surface area contributed by atoms with Gasteiger partial charge in [0.2, 0.25) is 11.1 Å². The van der Waals surface area contributed by atoms with Gasteiger partial charge in [-0.3, -0.25) is 9.89 Å². The predicted octanol–water partition coefficient (Wildman–Crippen LogP) is 1.81. The first kappa shape index (κ1) is 13.4. The highest BCUT2D eigenvalue weighted by Gasteiger charge is 2.04. The third-order valence-corrected chi connectivity index (χ3v) is 3.17. The largest absolute Gasteiger partial charge is 0.358 e. The highest BCUT2D eigenvalue weighted by atomic mass is 32.2. The van der Waals surface area contributed by atoms with Crippen LogP contribution >= 0.6 is 11.8 Å². The molecule has 0 fully saturated rings. The van der Waals surface area contributed by atoms with E-state index in [0.29, 0.717) is 16.7 Å². The van der Waals surface area contributed by atoms with Crippen molar-refractivity contribution < 1.29 is 4.79 Å². The number of hydrogen-bond acceptors (Lipinski definition) is 4. The zero-order valence-corrected chi connectivity index (χ0v) is 11.3. The third-order valence-electron chi connectivity index (χ3n) is 2.33. The lowest BCUT2D eigenvalue weighted by atomic mass is 10.2. The van der Waals surface area contributed by atoms with Gasteiger partial charge in [-0.1, -0.05) is 48.2 Å². The van der Waals surface area contributed by atoms with Crippen molar-refractivity contribution in [3.63, 3.8) is 0 Å². The van der Waals surface area contributed by atoms with Gasteiger partial charge in [-0.2, -0.15) is 0 Å². The van der Waals surface area contributed by atoms with Crippen molar-refractivity contribution in [1.29, 1.82) is 0 Å². The summed E-state index contributed by atoms with van der Waals surface area (Å²) in [5.74, 6) is 0.940. The summed E-state index contributed by atoms with van der Waals surface area (Å²) < 4.78 is 0. The summed E-state index contributed by atoms with van der Waals surface area (Å²) >= 11 is 1.30. The van der Waals surface area contributed by atoms with Crippen molar-refractivity contribution >= 4 is 29.8 Å². The van der Waals surface area contributed by atoms with Crippen LogP contribution in [0.2, 0.25) is 0 Å². The fourth-order valence-electron chi connectivity index (χ4n) is 1.34. The van der Waals surface area contributed by atoms with Crippen LogP contribution in [-0.4, -0.2) is 33.9 Å². The van der Waals surface area contributed by atoms with Gasteiger partial charge < -0.3 is 5.32 Å². The van der Waals surface area contributed by atoms with Crippen LogP contribution in [0, 0.1) is 0 Å². The molecule has 0 unspecified atom stereocenters. The van der Waals surface area contributed by atoms with Crippen molar-refractivity contribution in [3.05, 3.63) is 41.7 Å². The third kappa shape index (κ3) is 4.26. The van der Waals surface area contributed by atoms with Crippen LogP contribution in [0.5, 0.6) is 0 Å². The maximum atomic E-state index is 11.1. The minimum atomic E-state index is -0.0452. The van der Waals surface area contributed by atoms with E-state index in [1.165, 1.54) is 11.8 Å². The van der Waals surface area contributed by atoms with Crippen LogP contribution in [0.15, 0.2) is 35.5 Å². The SMILES string of the molecule is CNC(=O)CSc1n[nH]c(/C=C/c2ccccc2)n1. The van der Waals surface area contributed by atoms with Crippen molar-refractivity contribution in [2.75, 3.05) is 12.8 Å². The molecule has 2 N–H and O–H groups in total. The lowest BCUT2D eigenvalue weighted by molar-refractivity contribution is -0.118. The van der Waals surface area contributed by atoms with E-state index in [2.05, 4.69) is 20.5 Å². The normalized spacial score (nSPS) is 10.8. The molecule has 2 rings (SSSR count). The zero-order valence-electron chi connectivity index (χ0n) is 10.5. The van der Waals surface area contributed by atoms with E-state index < -0.39 is 0 Å². The molecule has 0 saturated heterocycles. The molecule has 0 aliphatic rings. The molecular formula is C13H14N4OS. The number of H-pyrrole nitrogens is 1. The maximum absolute atomic E-state index is 11.1. The summed E-state index contributed by atoms with van der Waals surface area (Å²) in [7, 11) is 1.61. The smallest absolute Gasteiger partial charge is 0.230 e. The van der Waals surface area contributed by atoms with Crippen LogP contribution < -0.4 is 5.32 Å². The number of nitrogens with one attached hydrogen (secondary N) is 2. The number of rotatable bonds is 5. The Morgan fingerprint density at radius 3 is 2.89 bits per heavy atom. The molecule has 98 valence electrons. The van der Waals surface area contributed by atoms with Gasteiger partial charge in [0.05, 0.1) is 5.75 Å². The Bertz CT molecular complexity index is 565. The highest BCUT2D eigenvalue weighted by Crippen LogP contribution is 2.12. The van der Waals surface area contributed by atoms with Gasteiger partial charge in [-0.25, -0.2) is 4.98 Å². The van der Waals surface area contributed by atoms with Crippen LogP contribution in [0.1, 0.15) is 11.4 Å². The van der Waals surface area contributed by atoms with Crippen molar-refractivity contribution in [1.82, 2.24) is 20.5 Å². The lowest BCUT2D eigenvalue weighted by Crippen LogP contribution is -2.19. The fourth-order valence-corrected chi connectivity index (χ4v) is 2.02. The predicted molar refractivity (Wildman–Crippen MR) is 76.5 cm³/mol. The molecule has 5 nitrogen and oxygen atoms in total. The van der Waals surface area contributed by atoms with Gasteiger partial charge in [0.25, 0.3) is 0 Å². The summed E-state index contributed by atoms with van der Waals surface area (Å²) in [4.78, 5) is 15.4. The molecule has 1 heterocycles. The number of aromatic nitrogens is 3. The van der Waals surface area contributed by atoms with Crippen LogP contribution in [0.4, 0.5) is 0 Å². The van der Waals surface area contributed by atoms with E-state index in [0.717, 1.165) is 5.56 Å². The molecule has 1 aromatic heterocycles. The summed E-state index contributed by atoms with van der Waals surface area (Å²) in [5.41, 5.74) is 1.10. The Balaban J connectivity index is 1.94. The molecule has 0 atom stereocenters. The first-order valence-corrected chi connectivity index (χ1v) is 6.75. The number of hydrogen-bond donors (Lipinski definition) is 2. The molecule has 1 amide bonds. The van der Waals surface area contributed by atoms with Gasteiger partial charge in [0.15, 0.2) is 0 Å². The van der Waals surface area contributed by atoms with E-state index in [9.17, 15) is 4.79 Å². The average molecular weight is 274 g/mol. The van der Waals surface area contributed by atoms with Crippen LogP contribution in [0.25, 0.3) is 12.2 Å². The summed E-state index contributed by atoms with van der Waals surface area (Å²) in [6.07, 6.45) is 3.81. The Labute approximate surface area is 115 Å². The molecule has 6 heteroatoms. The second kappa shape index (κ2) is 6.75. The van der Waals surface area contributed by atoms with Gasteiger partial charge in [0.1, 0.15) is 5.82 Å². The van der Waals surface area contributed by atoms with E-state index in [4.69, 9.17) is 0 Å². The van der Waals surface area contributed by atoms with E-state index in [1.54, 1.807) is 7.05 Å². The van der Waals surface area contributed by atoms with Gasteiger partial charge >= 0.3 is 0 Å². The molecule has 0 radical (unpaired) electrons. The van der Waals surface area contributed by atoms with E-state index >= 15 is 0 Å². The number of nitrogens with zero attached hydrogens (tertiary/aromatic N) is 2. The minimum absolute atomic E-state index is 0.0452. The highest BCUT2D eigenvalue weighted by molar-refractivity contribution is 7.99. The molecule has 0 spiro atoms. The summed E-state index contributed by atoms with van der Waals surface area (Å²) in [6.45, 7) is 0. The molecule has 2 aromatic rings. The van der Waals surface area contributed by atoms with Crippen LogP contribution in [-0.2, 0) is 4.79 Å². The molecule has 1 aromatic carbocycles. The quantitative estimate of drug-likeness (QED) is 0.816. The van der Waals surface area contributed by atoms with Gasteiger partial charge in [-0.15, -0.1) is 5.10 Å². The Morgan fingerprint density at radius 2 is 2.16 bits per heavy atom. The van der Waals surface area contributed by atoms with Crippen LogP contribution in [0.3, 0.4) is 0 Å². The zero-order chi connectivity index (χ0) is 13.5. The molecular weight excluding hydrogens is 260 g/mol. The van der Waals surface area contributed by atoms with Crippen molar-refractivity contribution in [2.45, 2.75) is 5.16 Å². The van der Waals surface area contributed by atoms with E-state index in [-0.39, 0.29) is 5.91 Å². The number of carbonyl (C=O) groups is 1. The molecule has 0 saturated carbocycles. The second-order valence-electron chi connectivity index (χ2n) is 3.71. The molecule has 0 aliphatic carbocycles. The monoisotopic (exact) mass is 274 g/mol. The van der Waals surface area contributed by atoms with E-state index in [1.807, 2.05) is 42.5 Å². The number of aromatic amines is 1. The first-order valence-electron chi connectivity index (χ1n) is 5.77. The fraction of sp³-hybridized carbons (Fsp3) is 0.154. The number of carbonyl (C=O) groups excluding carboxylic acids is 1. The Kier molecular flexibility index (Phi) is 4.74. The van der Waals surface area contributed by atoms with Gasteiger partial charge in [0, 0.05) is 7.05 Å². The molecule has 19 heavy (non-hydrogen) atoms. The summed E-state index contributed by atoms with van der Waals surface area (Å²) in [5, 5.41) is 9.96. The minimum Gasteiger partial charge on any atom is -0.358 e. The molecule has 0 bridgehead atoms. The number of benzene rings is 1.